The number of phenolic OH excluding ortho intramolecular Hbond substituents is 1. The van der Waals surface area contributed by atoms with Crippen molar-refractivity contribution in [1.82, 2.24) is 9.78 Å². The summed E-state index contributed by atoms with van der Waals surface area (Å²) in [5.74, 6) is 1.52. The molecule has 2 aromatic rings. The molecule has 0 unspecified atom stereocenters. The second kappa shape index (κ2) is 5.65. The number of nitrogens with zero attached hydrogens (tertiary/aromatic N) is 2. The van der Waals surface area contributed by atoms with Gasteiger partial charge in [-0.15, -0.1) is 0 Å². The van der Waals surface area contributed by atoms with Gasteiger partial charge in [-0.2, -0.15) is 5.10 Å². The van der Waals surface area contributed by atoms with Crippen LogP contribution in [0.2, 0.25) is 0 Å². The molecule has 2 rings (SSSR count). The van der Waals surface area contributed by atoms with Gasteiger partial charge in [0.1, 0.15) is 0 Å². The number of aromatic nitrogens is 2. The van der Waals surface area contributed by atoms with E-state index >= 15 is 0 Å². The highest BCUT2D eigenvalue weighted by Gasteiger charge is 2.06. The number of phenols is 1. The van der Waals surface area contributed by atoms with Gasteiger partial charge in [0.25, 0.3) is 0 Å². The second-order valence-electron chi connectivity index (χ2n) is 4.38. The zero-order valence-electron chi connectivity index (χ0n) is 11.5. The van der Waals surface area contributed by atoms with Crippen molar-refractivity contribution in [2.24, 2.45) is 0 Å². The van der Waals surface area contributed by atoms with Crippen molar-refractivity contribution in [1.29, 1.82) is 0 Å². The Kier molecular flexibility index (Phi) is 3.94. The van der Waals surface area contributed by atoms with E-state index in [1.165, 1.54) is 0 Å². The zero-order chi connectivity index (χ0) is 13.8. The molecule has 0 aliphatic heterocycles. The number of hydrogen-bond acceptors (Lipinski definition) is 4. The van der Waals surface area contributed by atoms with Crippen molar-refractivity contribution < 1.29 is 9.84 Å². The fourth-order valence-electron chi connectivity index (χ4n) is 1.88. The Morgan fingerprint density at radius 2 is 2.21 bits per heavy atom. The quantitative estimate of drug-likeness (QED) is 0.868. The number of aromatic hydroxyl groups is 1. The molecule has 0 spiro atoms. The first-order chi connectivity index (χ1) is 9.13. The summed E-state index contributed by atoms with van der Waals surface area (Å²) in [6, 6.07) is 5.30. The lowest BCUT2D eigenvalue weighted by Crippen LogP contribution is -2.02. The van der Waals surface area contributed by atoms with Crippen molar-refractivity contribution in [2.45, 2.75) is 26.9 Å². The van der Waals surface area contributed by atoms with E-state index in [1.807, 2.05) is 29.9 Å². The van der Waals surface area contributed by atoms with E-state index in [2.05, 4.69) is 17.3 Å². The fourth-order valence-corrected chi connectivity index (χ4v) is 1.88. The van der Waals surface area contributed by atoms with E-state index in [4.69, 9.17) is 4.74 Å². The summed E-state index contributed by atoms with van der Waals surface area (Å²) in [5.41, 5.74) is 2.15. The minimum Gasteiger partial charge on any atom is -0.504 e. The van der Waals surface area contributed by atoms with Crippen LogP contribution in [-0.2, 0) is 13.1 Å². The maximum atomic E-state index is 9.54. The number of aryl methyl sites for hydroxylation is 2. The Bertz CT molecular complexity index is 564. The highest BCUT2D eigenvalue weighted by Crippen LogP contribution is 2.26. The summed E-state index contributed by atoms with van der Waals surface area (Å²) in [5, 5.41) is 17.3. The van der Waals surface area contributed by atoms with Gasteiger partial charge < -0.3 is 15.2 Å². The lowest BCUT2D eigenvalue weighted by molar-refractivity contribution is 0.373. The van der Waals surface area contributed by atoms with Crippen molar-refractivity contribution in [3.8, 4) is 11.5 Å². The molecule has 102 valence electrons. The van der Waals surface area contributed by atoms with Crippen LogP contribution in [0.4, 0.5) is 5.82 Å². The van der Waals surface area contributed by atoms with Gasteiger partial charge in [0.05, 0.1) is 7.11 Å². The molecule has 0 radical (unpaired) electrons. The molecule has 0 saturated carbocycles. The SMILES string of the molecule is CCn1cc(C)c(NCc2ccc(O)c(OC)c2)n1. The fraction of sp³-hybridized carbons (Fsp3) is 0.357. The molecule has 0 saturated heterocycles. The zero-order valence-corrected chi connectivity index (χ0v) is 11.5. The summed E-state index contributed by atoms with van der Waals surface area (Å²) < 4.78 is 6.98. The lowest BCUT2D eigenvalue weighted by atomic mass is 10.2. The van der Waals surface area contributed by atoms with E-state index in [0.717, 1.165) is 23.5 Å². The molecule has 0 aliphatic rings. The van der Waals surface area contributed by atoms with Crippen molar-refractivity contribution >= 4 is 5.82 Å². The molecule has 1 heterocycles. The van der Waals surface area contributed by atoms with Crippen molar-refractivity contribution in [2.75, 3.05) is 12.4 Å². The Balaban J connectivity index is 2.07. The Hall–Kier alpha value is -2.17. The van der Waals surface area contributed by atoms with E-state index in [1.54, 1.807) is 13.2 Å². The number of benzene rings is 1. The molecule has 0 aliphatic carbocycles. The number of anilines is 1. The van der Waals surface area contributed by atoms with Gasteiger partial charge in [-0.3, -0.25) is 4.68 Å². The highest BCUT2D eigenvalue weighted by molar-refractivity contribution is 5.45. The van der Waals surface area contributed by atoms with Crippen molar-refractivity contribution in [3.05, 3.63) is 35.5 Å². The van der Waals surface area contributed by atoms with Gasteiger partial charge in [-0.05, 0) is 31.5 Å². The third-order valence-electron chi connectivity index (χ3n) is 2.97. The van der Waals surface area contributed by atoms with E-state index < -0.39 is 0 Å². The van der Waals surface area contributed by atoms with E-state index in [9.17, 15) is 5.11 Å². The van der Waals surface area contributed by atoms with Crippen LogP contribution in [0.5, 0.6) is 11.5 Å². The smallest absolute Gasteiger partial charge is 0.160 e. The Morgan fingerprint density at radius 3 is 2.84 bits per heavy atom. The molecule has 0 fully saturated rings. The largest absolute Gasteiger partial charge is 0.504 e. The van der Waals surface area contributed by atoms with Crippen molar-refractivity contribution in [3.63, 3.8) is 0 Å². The van der Waals surface area contributed by atoms with E-state index in [-0.39, 0.29) is 5.75 Å². The van der Waals surface area contributed by atoms with Crippen LogP contribution in [0.15, 0.2) is 24.4 Å². The summed E-state index contributed by atoms with van der Waals surface area (Å²) >= 11 is 0. The van der Waals surface area contributed by atoms with Gasteiger partial charge in [0.2, 0.25) is 0 Å². The first kappa shape index (κ1) is 13.3. The number of rotatable bonds is 5. The van der Waals surface area contributed by atoms with Gasteiger partial charge in [0.15, 0.2) is 17.3 Å². The third-order valence-corrected chi connectivity index (χ3v) is 2.97. The van der Waals surface area contributed by atoms with Crippen LogP contribution in [-0.4, -0.2) is 22.0 Å². The molecule has 0 bridgehead atoms. The number of ether oxygens (including phenoxy) is 1. The third kappa shape index (κ3) is 2.99. The molecule has 19 heavy (non-hydrogen) atoms. The molecule has 1 aromatic heterocycles. The predicted molar refractivity (Wildman–Crippen MR) is 74.6 cm³/mol. The van der Waals surface area contributed by atoms with Crippen LogP contribution >= 0.6 is 0 Å². The molecule has 5 nitrogen and oxygen atoms in total. The van der Waals surface area contributed by atoms with Crippen LogP contribution in [0.25, 0.3) is 0 Å². The van der Waals surface area contributed by atoms with Crippen LogP contribution in [0, 0.1) is 6.92 Å². The summed E-state index contributed by atoms with van der Waals surface area (Å²) in [7, 11) is 1.54. The van der Waals surface area contributed by atoms with Gasteiger partial charge in [0, 0.05) is 24.8 Å². The average Bonchev–Trinajstić information content (AvgIpc) is 2.78. The minimum atomic E-state index is 0.151. The summed E-state index contributed by atoms with van der Waals surface area (Å²) in [6.07, 6.45) is 2.01. The second-order valence-corrected chi connectivity index (χ2v) is 4.38. The number of nitrogens with one attached hydrogen (secondary N) is 1. The van der Waals surface area contributed by atoms with Gasteiger partial charge >= 0.3 is 0 Å². The Labute approximate surface area is 112 Å². The van der Waals surface area contributed by atoms with Crippen LogP contribution in [0.3, 0.4) is 0 Å². The normalized spacial score (nSPS) is 10.5. The van der Waals surface area contributed by atoms with Crippen LogP contribution in [0.1, 0.15) is 18.1 Å². The lowest BCUT2D eigenvalue weighted by Gasteiger charge is -2.08. The summed E-state index contributed by atoms with van der Waals surface area (Å²) in [4.78, 5) is 0. The molecule has 1 aromatic carbocycles. The molecule has 0 amide bonds. The minimum absolute atomic E-state index is 0.151. The van der Waals surface area contributed by atoms with Gasteiger partial charge in [-0.1, -0.05) is 6.07 Å². The first-order valence-electron chi connectivity index (χ1n) is 6.27. The van der Waals surface area contributed by atoms with Crippen LogP contribution < -0.4 is 10.1 Å². The first-order valence-corrected chi connectivity index (χ1v) is 6.27. The molecular weight excluding hydrogens is 242 g/mol. The molecule has 0 atom stereocenters. The average molecular weight is 261 g/mol. The van der Waals surface area contributed by atoms with E-state index in [0.29, 0.717) is 12.3 Å². The number of hydrogen-bond donors (Lipinski definition) is 2. The highest BCUT2D eigenvalue weighted by atomic mass is 16.5. The monoisotopic (exact) mass is 261 g/mol. The maximum absolute atomic E-state index is 9.54. The molecule has 5 heteroatoms. The standard InChI is InChI=1S/C14H19N3O2/c1-4-17-9-10(2)14(16-17)15-8-11-5-6-12(18)13(7-11)19-3/h5-7,9,18H,4,8H2,1-3H3,(H,15,16). The number of methoxy groups -OCH3 is 1. The predicted octanol–water partition coefficient (Wildman–Crippen LogP) is 2.54. The van der Waals surface area contributed by atoms with Gasteiger partial charge in [-0.25, -0.2) is 0 Å². The Morgan fingerprint density at radius 1 is 1.42 bits per heavy atom. The topological polar surface area (TPSA) is 59.3 Å². The molecule has 2 N–H and O–H groups in total. The maximum Gasteiger partial charge on any atom is 0.160 e. The summed E-state index contributed by atoms with van der Waals surface area (Å²) in [6.45, 7) is 5.58. The molecular formula is C14H19N3O2.